The molecule has 0 saturated heterocycles. The van der Waals surface area contributed by atoms with Crippen molar-refractivity contribution in [2.45, 2.75) is 0 Å². The molecule has 0 amide bonds. The number of carbonyl (C=O) groups is 1. The minimum atomic E-state index is 0.0133. The van der Waals surface area contributed by atoms with Gasteiger partial charge in [-0.3, -0.25) is 4.79 Å². The van der Waals surface area contributed by atoms with Gasteiger partial charge < -0.3 is 4.57 Å². The van der Waals surface area contributed by atoms with E-state index in [1.54, 1.807) is 40.1 Å². The number of nitrogens with zero attached hydrogens (tertiary/aromatic N) is 1. The molecule has 2 nitrogen and oxygen atoms in total. The van der Waals surface area contributed by atoms with E-state index in [0.29, 0.717) is 5.56 Å². The van der Waals surface area contributed by atoms with E-state index < -0.39 is 0 Å². The summed E-state index contributed by atoms with van der Waals surface area (Å²) in [4.78, 5) is 16.1. The van der Waals surface area contributed by atoms with Gasteiger partial charge in [-0.05, 0) is 82.9 Å². The lowest BCUT2D eigenvalue weighted by Crippen LogP contribution is -2.00. The van der Waals surface area contributed by atoms with Gasteiger partial charge in [-0.2, -0.15) is 0 Å². The van der Waals surface area contributed by atoms with Crippen molar-refractivity contribution in [3.05, 3.63) is 105 Å². The first kappa shape index (κ1) is 19.0. The molecule has 0 saturated carbocycles. The minimum absolute atomic E-state index is 0.0133. The highest BCUT2D eigenvalue weighted by Crippen LogP contribution is 2.36. The van der Waals surface area contributed by atoms with Gasteiger partial charge in [-0.25, -0.2) is 0 Å². The molecule has 0 radical (unpaired) electrons. The number of carbonyl (C=O) groups excluding carboxylic acids is 1. The Kier molecular flexibility index (Phi) is 5.32. The summed E-state index contributed by atoms with van der Waals surface area (Å²) in [5, 5.41) is 6.20. The topological polar surface area (TPSA) is 22.0 Å². The van der Waals surface area contributed by atoms with Crippen molar-refractivity contribution >= 4 is 45.9 Å². The van der Waals surface area contributed by atoms with Crippen molar-refractivity contribution in [2.24, 2.45) is 0 Å². The van der Waals surface area contributed by atoms with E-state index in [9.17, 15) is 4.79 Å². The molecule has 0 aliphatic carbocycles. The Bertz CT molecular complexity index is 1220. The molecule has 5 aromatic rings. The van der Waals surface area contributed by atoms with E-state index in [1.165, 1.54) is 9.75 Å². The van der Waals surface area contributed by atoms with Gasteiger partial charge in [-0.15, -0.1) is 34.0 Å². The molecule has 4 heterocycles. The fourth-order valence-corrected chi connectivity index (χ4v) is 5.46. The van der Waals surface area contributed by atoms with Gasteiger partial charge in [0.2, 0.25) is 0 Å². The normalized spacial score (nSPS) is 11.3. The van der Waals surface area contributed by atoms with Crippen molar-refractivity contribution in [3.63, 3.8) is 0 Å². The number of hydrogen-bond donors (Lipinski definition) is 0. The Morgan fingerprint density at radius 1 is 0.700 bits per heavy atom. The van der Waals surface area contributed by atoms with Crippen molar-refractivity contribution in [2.75, 3.05) is 0 Å². The van der Waals surface area contributed by atoms with Crippen LogP contribution in [-0.2, 0) is 0 Å². The van der Waals surface area contributed by atoms with Gasteiger partial charge in [0, 0.05) is 16.1 Å². The first-order chi connectivity index (χ1) is 14.8. The molecule has 0 aliphatic heterocycles. The molecule has 0 fully saturated rings. The highest BCUT2D eigenvalue weighted by molar-refractivity contribution is 7.14. The average molecular weight is 444 g/mol. The molecule has 0 atom stereocenters. The van der Waals surface area contributed by atoms with Crippen LogP contribution in [0.2, 0.25) is 0 Å². The molecular weight excluding hydrogens is 426 g/mol. The van der Waals surface area contributed by atoms with Gasteiger partial charge in [0.05, 0.1) is 21.1 Å². The van der Waals surface area contributed by atoms with Gasteiger partial charge in [0.1, 0.15) is 0 Å². The van der Waals surface area contributed by atoms with Crippen LogP contribution in [-0.4, -0.2) is 10.4 Å². The molecule has 0 aliphatic rings. The fraction of sp³-hybridized carbons (Fsp3) is 0. The Labute approximate surface area is 187 Å². The minimum Gasteiger partial charge on any atom is -0.308 e. The molecule has 5 rings (SSSR count). The summed E-state index contributed by atoms with van der Waals surface area (Å²) in [5.41, 5.74) is 4.05. The van der Waals surface area contributed by atoms with Gasteiger partial charge in [0.25, 0.3) is 0 Å². The van der Waals surface area contributed by atoms with Crippen LogP contribution in [0.3, 0.4) is 0 Å². The quantitative estimate of drug-likeness (QED) is 0.193. The summed E-state index contributed by atoms with van der Waals surface area (Å²) < 4.78 is 2.27. The van der Waals surface area contributed by atoms with Crippen LogP contribution in [0, 0.1) is 0 Å². The highest BCUT2D eigenvalue weighted by atomic mass is 32.1. The number of benzene rings is 1. The van der Waals surface area contributed by atoms with Crippen molar-refractivity contribution in [3.8, 4) is 26.8 Å². The lowest BCUT2D eigenvalue weighted by molar-refractivity contribution is 0.104. The number of hydrogen-bond acceptors (Lipinski definition) is 4. The lowest BCUT2D eigenvalue weighted by Gasteiger charge is -2.13. The van der Waals surface area contributed by atoms with Crippen LogP contribution in [0.25, 0.3) is 32.9 Å². The van der Waals surface area contributed by atoms with Crippen molar-refractivity contribution < 1.29 is 4.79 Å². The largest absolute Gasteiger partial charge is 0.308 e. The fourth-order valence-electron chi connectivity index (χ4n) is 3.36. The zero-order valence-electron chi connectivity index (χ0n) is 15.9. The first-order valence-corrected chi connectivity index (χ1v) is 12.1. The third-order valence-electron chi connectivity index (χ3n) is 4.78. The molecule has 5 heteroatoms. The summed E-state index contributed by atoms with van der Waals surface area (Å²) in [6.07, 6.45) is 3.52. The molecule has 0 N–H and O–H groups in total. The molecule has 0 unspecified atom stereocenters. The number of allylic oxidation sites excluding steroid dienone is 1. The Balaban J connectivity index is 1.51. The summed E-state index contributed by atoms with van der Waals surface area (Å²) in [6, 6.07) is 24.6. The van der Waals surface area contributed by atoms with Crippen molar-refractivity contribution in [1.29, 1.82) is 0 Å². The van der Waals surface area contributed by atoms with Crippen LogP contribution in [0.4, 0.5) is 0 Å². The van der Waals surface area contributed by atoms with E-state index in [4.69, 9.17) is 0 Å². The van der Waals surface area contributed by atoms with E-state index in [2.05, 4.69) is 51.7 Å². The van der Waals surface area contributed by atoms with Gasteiger partial charge >= 0.3 is 0 Å². The Hall–Kier alpha value is -2.99. The predicted octanol–water partition coefficient (Wildman–Crippen LogP) is 7.89. The van der Waals surface area contributed by atoms with Crippen LogP contribution in [0.5, 0.6) is 0 Å². The van der Waals surface area contributed by atoms with E-state index >= 15 is 0 Å². The van der Waals surface area contributed by atoms with Crippen LogP contribution in [0.1, 0.15) is 15.2 Å². The summed E-state index contributed by atoms with van der Waals surface area (Å²) in [6.45, 7) is 0. The monoisotopic (exact) mass is 443 g/mol. The predicted molar refractivity (Wildman–Crippen MR) is 130 cm³/mol. The number of rotatable bonds is 6. The molecule has 30 heavy (non-hydrogen) atoms. The number of thiophene rings is 3. The number of ketones is 1. The van der Waals surface area contributed by atoms with Crippen molar-refractivity contribution in [1.82, 2.24) is 4.57 Å². The smallest absolute Gasteiger partial charge is 0.185 e. The zero-order valence-corrected chi connectivity index (χ0v) is 18.3. The molecule has 0 spiro atoms. The molecule has 0 bridgehead atoms. The standard InChI is InChI=1S/C25H17NOS3/c27-23(14-11-20-4-1-15-28-20)18-7-9-19(10-8-18)26-21(24-5-2-16-29-24)12-13-22(26)25-6-3-17-30-25/h1-17H. The van der Waals surface area contributed by atoms with E-state index in [1.807, 2.05) is 47.9 Å². The maximum absolute atomic E-state index is 12.6. The zero-order chi connectivity index (χ0) is 20.3. The summed E-state index contributed by atoms with van der Waals surface area (Å²) in [7, 11) is 0. The third-order valence-corrected chi connectivity index (χ3v) is 7.40. The highest BCUT2D eigenvalue weighted by Gasteiger charge is 2.15. The van der Waals surface area contributed by atoms with Crippen LogP contribution >= 0.6 is 34.0 Å². The summed E-state index contributed by atoms with van der Waals surface area (Å²) in [5.74, 6) is 0.0133. The van der Waals surface area contributed by atoms with Crippen LogP contribution < -0.4 is 0 Å². The van der Waals surface area contributed by atoms with Gasteiger partial charge in [-0.1, -0.05) is 18.2 Å². The maximum atomic E-state index is 12.6. The SMILES string of the molecule is O=C(C=Cc1cccs1)c1ccc(-n2c(-c3cccs3)ccc2-c2cccs2)cc1. The maximum Gasteiger partial charge on any atom is 0.185 e. The second-order valence-electron chi connectivity index (χ2n) is 6.65. The van der Waals surface area contributed by atoms with Crippen LogP contribution in [0.15, 0.2) is 95.0 Å². The van der Waals surface area contributed by atoms with E-state index in [-0.39, 0.29) is 5.78 Å². The Morgan fingerprint density at radius 2 is 1.30 bits per heavy atom. The molecular formula is C25H17NOS3. The molecule has 4 aromatic heterocycles. The number of aromatic nitrogens is 1. The Morgan fingerprint density at radius 3 is 1.83 bits per heavy atom. The van der Waals surface area contributed by atoms with Gasteiger partial charge in [0.15, 0.2) is 5.78 Å². The molecule has 146 valence electrons. The first-order valence-electron chi connectivity index (χ1n) is 9.45. The second kappa shape index (κ2) is 8.40. The summed E-state index contributed by atoms with van der Waals surface area (Å²) >= 11 is 5.08. The lowest BCUT2D eigenvalue weighted by atomic mass is 10.1. The second-order valence-corrected chi connectivity index (χ2v) is 9.53. The molecule has 1 aromatic carbocycles. The average Bonchev–Trinajstić information content (AvgIpc) is 3.58. The van der Waals surface area contributed by atoms with E-state index in [0.717, 1.165) is 22.0 Å². The third kappa shape index (κ3) is 3.75.